The van der Waals surface area contributed by atoms with Gasteiger partial charge in [0.25, 0.3) is 5.91 Å². The number of hydrogen-bond donors (Lipinski definition) is 1. The molecule has 2 amide bonds. The summed E-state index contributed by atoms with van der Waals surface area (Å²) in [5.41, 5.74) is 1.51. The highest BCUT2D eigenvalue weighted by Gasteiger charge is 2.40. The van der Waals surface area contributed by atoms with Gasteiger partial charge in [-0.2, -0.15) is 0 Å². The number of carbonyl (C=O) groups is 2. The summed E-state index contributed by atoms with van der Waals surface area (Å²) in [5.74, 6) is 1.24. The fraction of sp³-hybridized carbons (Fsp3) is 0.522. The van der Waals surface area contributed by atoms with Gasteiger partial charge >= 0.3 is 0 Å². The molecule has 31 heavy (non-hydrogen) atoms. The van der Waals surface area contributed by atoms with Gasteiger partial charge in [-0.15, -0.1) is 0 Å². The SMILES string of the molecule is O=C1CCC2(CCN(C(=O)c3c(N4CCOCC4)noc3-c3ccccc3)CC2)CN1. The van der Waals surface area contributed by atoms with E-state index < -0.39 is 0 Å². The number of ether oxygens (including phenoxy) is 1. The summed E-state index contributed by atoms with van der Waals surface area (Å²) < 4.78 is 11.2. The van der Waals surface area contributed by atoms with Gasteiger partial charge in [-0.1, -0.05) is 35.5 Å². The second kappa shape index (κ2) is 8.34. The zero-order valence-electron chi connectivity index (χ0n) is 17.6. The van der Waals surface area contributed by atoms with Gasteiger partial charge in [-0.25, -0.2) is 0 Å². The van der Waals surface area contributed by atoms with Crippen LogP contribution in [0.3, 0.4) is 0 Å². The van der Waals surface area contributed by atoms with E-state index in [1.807, 2.05) is 35.2 Å². The van der Waals surface area contributed by atoms with Crippen LogP contribution in [0, 0.1) is 5.41 Å². The smallest absolute Gasteiger partial charge is 0.261 e. The zero-order chi connectivity index (χ0) is 21.3. The molecule has 2 aromatic rings. The molecular formula is C23H28N4O4. The first-order chi connectivity index (χ1) is 15.2. The number of hydrogen-bond acceptors (Lipinski definition) is 6. The molecule has 1 aromatic carbocycles. The number of benzene rings is 1. The van der Waals surface area contributed by atoms with Crippen molar-refractivity contribution in [3.8, 4) is 11.3 Å². The minimum atomic E-state index is -0.0312. The summed E-state index contributed by atoms with van der Waals surface area (Å²) in [6.07, 6.45) is 3.29. The average molecular weight is 425 g/mol. The van der Waals surface area contributed by atoms with Crippen LogP contribution in [-0.2, 0) is 9.53 Å². The number of likely N-dealkylation sites (tertiary alicyclic amines) is 1. The molecule has 3 aliphatic rings. The number of carbonyl (C=O) groups excluding carboxylic acids is 2. The van der Waals surface area contributed by atoms with E-state index in [-0.39, 0.29) is 17.2 Å². The number of aromatic nitrogens is 1. The molecule has 1 N–H and O–H groups in total. The van der Waals surface area contributed by atoms with Crippen molar-refractivity contribution in [2.24, 2.45) is 5.41 Å². The van der Waals surface area contributed by atoms with E-state index in [0.29, 0.717) is 63.0 Å². The third-order valence-corrected chi connectivity index (χ3v) is 6.89. The van der Waals surface area contributed by atoms with Gasteiger partial charge in [0.2, 0.25) is 5.91 Å². The summed E-state index contributed by atoms with van der Waals surface area (Å²) in [5, 5.41) is 7.34. The third-order valence-electron chi connectivity index (χ3n) is 6.89. The summed E-state index contributed by atoms with van der Waals surface area (Å²) in [6.45, 7) is 4.66. The molecule has 4 heterocycles. The molecule has 0 atom stereocenters. The summed E-state index contributed by atoms with van der Waals surface area (Å²) >= 11 is 0. The lowest BCUT2D eigenvalue weighted by atomic mass is 9.73. The molecule has 3 fully saturated rings. The predicted molar refractivity (Wildman–Crippen MR) is 115 cm³/mol. The van der Waals surface area contributed by atoms with Crippen LogP contribution in [0.5, 0.6) is 0 Å². The largest absolute Gasteiger partial charge is 0.378 e. The topological polar surface area (TPSA) is 87.9 Å². The maximum atomic E-state index is 13.7. The van der Waals surface area contributed by atoms with Crippen LogP contribution in [0.2, 0.25) is 0 Å². The second-order valence-electron chi connectivity index (χ2n) is 8.74. The van der Waals surface area contributed by atoms with E-state index in [1.165, 1.54) is 0 Å². The Balaban J connectivity index is 1.41. The highest BCUT2D eigenvalue weighted by atomic mass is 16.5. The monoisotopic (exact) mass is 424 g/mol. The highest BCUT2D eigenvalue weighted by Crippen LogP contribution is 2.39. The van der Waals surface area contributed by atoms with Gasteiger partial charge < -0.3 is 24.4 Å². The first kappa shape index (κ1) is 20.1. The Labute approximate surface area is 181 Å². The molecule has 0 aliphatic carbocycles. The molecule has 0 bridgehead atoms. The zero-order valence-corrected chi connectivity index (χ0v) is 17.6. The quantitative estimate of drug-likeness (QED) is 0.814. The molecule has 0 unspecified atom stereocenters. The predicted octanol–water partition coefficient (Wildman–Crippen LogP) is 2.31. The molecule has 1 aromatic heterocycles. The van der Waals surface area contributed by atoms with Crippen LogP contribution in [0.15, 0.2) is 34.9 Å². The lowest BCUT2D eigenvalue weighted by molar-refractivity contribution is -0.125. The summed E-state index contributed by atoms with van der Waals surface area (Å²) in [7, 11) is 0. The Morgan fingerprint density at radius 2 is 1.77 bits per heavy atom. The van der Waals surface area contributed by atoms with Crippen molar-refractivity contribution in [1.82, 2.24) is 15.4 Å². The van der Waals surface area contributed by atoms with E-state index in [2.05, 4.69) is 15.4 Å². The number of piperidine rings is 2. The van der Waals surface area contributed by atoms with E-state index in [0.717, 1.165) is 31.4 Å². The van der Waals surface area contributed by atoms with Crippen molar-refractivity contribution in [1.29, 1.82) is 0 Å². The number of rotatable bonds is 3. The third kappa shape index (κ3) is 3.92. The Morgan fingerprint density at radius 3 is 2.45 bits per heavy atom. The molecule has 1 spiro atoms. The summed E-state index contributed by atoms with van der Waals surface area (Å²) in [4.78, 5) is 29.3. The van der Waals surface area contributed by atoms with Crippen molar-refractivity contribution in [3.63, 3.8) is 0 Å². The lowest BCUT2D eigenvalue weighted by Crippen LogP contribution is -2.51. The average Bonchev–Trinajstić information content (AvgIpc) is 3.28. The van der Waals surface area contributed by atoms with Gasteiger partial charge in [-0.05, 0) is 24.7 Å². The fourth-order valence-electron chi connectivity index (χ4n) is 4.86. The molecule has 3 saturated heterocycles. The maximum absolute atomic E-state index is 13.7. The van der Waals surface area contributed by atoms with E-state index >= 15 is 0 Å². The number of amides is 2. The minimum Gasteiger partial charge on any atom is -0.378 e. The Kier molecular flexibility index (Phi) is 5.40. The maximum Gasteiger partial charge on any atom is 0.261 e. The number of anilines is 1. The van der Waals surface area contributed by atoms with Gasteiger partial charge in [0.15, 0.2) is 11.6 Å². The number of morpholine rings is 1. The molecule has 0 radical (unpaired) electrons. The standard InChI is InChI=1S/C23H28N4O4/c28-18-6-7-23(16-24-18)8-10-27(11-9-23)22(29)19-20(17-4-2-1-3-5-17)31-25-21(19)26-12-14-30-15-13-26/h1-5H,6-16H2,(H,24,28). The highest BCUT2D eigenvalue weighted by molar-refractivity contribution is 6.04. The molecule has 0 saturated carbocycles. The molecule has 3 aliphatic heterocycles. The first-order valence-corrected chi connectivity index (χ1v) is 11.1. The van der Waals surface area contributed by atoms with Gasteiger partial charge in [-0.3, -0.25) is 9.59 Å². The van der Waals surface area contributed by atoms with E-state index in [1.54, 1.807) is 0 Å². The molecule has 5 rings (SSSR count). The van der Waals surface area contributed by atoms with E-state index in [9.17, 15) is 9.59 Å². The van der Waals surface area contributed by atoms with Gasteiger partial charge in [0.1, 0.15) is 5.56 Å². The molecular weight excluding hydrogens is 396 g/mol. The normalized spacial score (nSPS) is 21.2. The Hall–Kier alpha value is -2.87. The van der Waals surface area contributed by atoms with Crippen molar-refractivity contribution in [2.45, 2.75) is 25.7 Å². The minimum absolute atomic E-state index is 0.0312. The van der Waals surface area contributed by atoms with Crippen LogP contribution < -0.4 is 10.2 Å². The lowest BCUT2D eigenvalue weighted by Gasteiger charge is -2.44. The Bertz CT molecular complexity index is 932. The van der Waals surface area contributed by atoms with Crippen LogP contribution >= 0.6 is 0 Å². The van der Waals surface area contributed by atoms with Crippen molar-refractivity contribution < 1.29 is 18.8 Å². The number of nitrogens with zero attached hydrogens (tertiary/aromatic N) is 3. The van der Waals surface area contributed by atoms with Crippen molar-refractivity contribution >= 4 is 17.6 Å². The van der Waals surface area contributed by atoms with Crippen LogP contribution in [0.25, 0.3) is 11.3 Å². The first-order valence-electron chi connectivity index (χ1n) is 11.1. The Morgan fingerprint density at radius 1 is 1.03 bits per heavy atom. The summed E-state index contributed by atoms with van der Waals surface area (Å²) in [6, 6.07) is 9.69. The molecule has 8 heteroatoms. The van der Waals surface area contributed by atoms with Crippen LogP contribution in [-0.4, -0.2) is 67.8 Å². The van der Waals surface area contributed by atoms with Crippen LogP contribution in [0.4, 0.5) is 5.82 Å². The number of nitrogens with one attached hydrogen (secondary N) is 1. The van der Waals surface area contributed by atoms with Crippen molar-refractivity contribution in [3.05, 3.63) is 35.9 Å². The molecule has 8 nitrogen and oxygen atoms in total. The second-order valence-corrected chi connectivity index (χ2v) is 8.74. The van der Waals surface area contributed by atoms with Crippen LogP contribution in [0.1, 0.15) is 36.0 Å². The molecule has 164 valence electrons. The van der Waals surface area contributed by atoms with Crippen molar-refractivity contribution in [2.75, 3.05) is 50.8 Å². The fourth-order valence-corrected chi connectivity index (χ4v) is 4.86. The van der Waals surface area contributed by atoms with E-state index in [4.69, 9.17) is 9.26 Å². The van der Waals surface area contributed by atoms with Gasteiger partial charge in [0.05, 0.1) is 13.2 Å². The van der Waals surface area contributed by atoms with Gasteiger partial charge in [0, 0.05) is 44.7 Å².